The van der Waals surface area contributed by atoms with Gasteiger partial charge in [0.1, 0.15) is 11.9 Å². The summed E-state index contributed by atoms with van der Waals surface area (Å²) in [5.74, 6) is 0.765. The molecular formula is C15H24O5. The van der Waals surface area contributed by atoms with Crippen molar-refractivity contribution in [2.24, 2.45) is 0 Å². The number of aliphatic hydroxyl groups is 1. The van der Waals surface area contributed by atoms with E-state index in [1.165, 1.54) is 0 Å². The summed E-state index contributed by atoms with van der Waals surface area (Å²) in [6, 6.07) is 7.30. The molecule has 0 spiro atoms. The second kappa shape index (κ2) is 9.72. The number of hydrogen-bond acceptors (Lipinski definition) is 5. The highest BCUT2D eigenvalue weighted by Crippen LogP contribution is 2.21. The molecule has 20 heavy (non-hydrogen) atoms. The Bertz CT molecular complexity index is 352. The molecule has 0 fully saturated rings. The third kappa shape index (κ3) is 5.88. The number of methoxy groups -OCH3 is 2. The molecule has 0 saturated heterocycles. The van der Waals surface area contributed by atoms with E-state index in [9.17, 15) is 5.11 Å². The maximum absolute atomic E-state index is 10.2. The summed E-state index contributed by atoms with van der Waals surface area (Å²) >= 11 is 0. The summed E-state index contributed by atoms with van der Waals surface area (Å²) in [6.07, 6.45) is -0.964. The highest BCUT2D eigenvalue weighted by atomic mass is 16.5. The van der Waals surface area contributed by atoms with Gasteiger partial charge in [-0.3, -0.25) is 0 Å². The molecule has 0 aliphatic heterocycles. The highest BCUT2D eigenvalue weighted by Gasteiger charge is 2.16. The van der Waals surface area contributed by atoms with Gasteiger partial charge in [-0.1, -0.05) is 12.1 Å². The standard InChI is InChI=1S/C15H24O5/c1-12(20-11-10-19-9-8-17-2)15(16)13-4-6-14(18-3)7-5-13/h4-7,12,15-16H,8-11H2,1-3H3. The smallest absolute Gasteiger partial charge is 0.118 e. The second-order valence-electron chi connectivity index (χ2n) is 4.40. The van der Waals surface area contributed by atoms with Crippen molar-refractivity contribution in [2.45, 2.75) is 19.1 Å². The molecule has 2 unspecified atom stereocenters. The molecule has 0 aliphatic carbocycles. The maximum Gasteiger partial charge on any atom is 0.118 e. The Morgan fingerprint density at radius 3 is 2.25 bits per heavy atom. The van der Waals surface area contributed by atoms with Gasteiger partial charge in [0.05, 0.1) is 39.6 Å². The predicted molar refractivity (Wildman–Crippen MR) is 76.1 cm³/mol. The third-order valence-electron chi connectivity index (χ3n) is 2.94. The van der Waals surface area contributed by atoms with E-state index in [-0.39, 0.29) is 6.10 Å². The third-order valence-corrected chi connectivity index (χ3v) is 2.94. The van der Waals surface area contributed by atoms with Crippen molar-refractivity contribution in [1.82, 2.24) is 0 Å². The lowest BCUT2D eigenvalue weighted by Gasteiger charge is -2.20. The van der Waals surface area contributed by atoms with Crippen LogP contribution in [0.2, 0.25) is 0 Å². The Balaban J connectivity index is 2.28. The molecule has 5 nitrogen and oxygen atoms in total. The zero-order chi connectivity index (χ0) is 14.8. The fourth-order valence-electron chi connectivity index (χ4n) is 1.70. The molecule has 2 atom stereocenters. The molecule has 114 valence electrons. The fraction of sp³-hybridized carbons (Fsp3) is 0.600. The number of rotatable bonds is 10. The van der Waals surface area contributed by atoms with Crippen molar-refractivity contribution in [3.05, 3.63) is 29.8 Å². The normalized spacial score (nSPS) is 14.0. The molecule has 0 aromatic heterocycles. The van der Waals surface area contributed by atoms with Crippen molar-refractivity contribution in [3.63, 3.8) is 0 Å². The molecule has 0 saturated carbocycles. The topological polar surface area (TPSA) is 57.2 Å². The second-order valence-corrected chi connectivity index (χ2v) is 4.40. The van der Waals surface area contributed by atoms with Crippen molar-refractivity contribution in [2.75, 3.05) is 40.6 Å². The van der Waals surface area contributed by atoms with E-state index in [4.69, 9.17) is 18.9 Å². The van der Waals surface area contributed by atoms with Gasteiger partial charge >= 0.3 is 0 Å². The molecule has 0 radical (unpaired) electrons. The summed E-state index contributed by atoms with van der Waals surface area (Å²) in [6.45, 7) is 3.89. The quantitative estimate of drug-likeness (QED) is 0.664. The summed E-state index contributed by atoms with van der Waals surface area (Å²) < 4.78 is 20.8. The fourth-order valence-corrected chi connectivity index (χ4v) is 1.70. The summed E-state index contributed by atoms with van der Waals surface area (Å²) in [5, 5.41) is 10.2. The molecule has 0 bridgehead atoms. The van der Waals surface area contributed by atoms with Crippen LogP contribution in [0, 0.1) is 0 Å². The van der Waals surface area contributed by atoms with Crippen LogP contribution in [-0.2, 0) is 14.2 Å². The highest BCUT2D eigenvalue weighted by molar-refractivity contribution is 5.28. The van der Waals surface area contributed by atoms with Crippen LogP contribution in [-0.4, -0.2) is 51.9 Å². The summed E-state index contributed by atoms with van der Waals surface area (Å²) in [4.78, 5) is 0. The number of hydrogen-bond donors (Lipinski definition) is 1. The SMILES string of the molecule is COCCOCCOC(C)C(O)c1ccc(OC)cc1. The number of ether oxygens (including phenoxy) is 4. The van der Waals surface area contributed by atoms with Gasteiger partial charge in [-0.25, -0.2) is 0 Å². The number of aliphatic hydroxyl groups excluding tert-OH is 1. The van der Waals surface area contributed by atoms with Gasteiger partial charge in [-0.15, -0.1) is 0 Å². The Morgan fingerprint density at radius 1 is 1.00 bits per heavy atom. The Hall–Kier alpha value is -1.14. The molecule has 1 rings (SSSR count). The van der Waals surface area contributed by atoms with Crippen molar-refractivity contribution in [1.29, 1.82) is 0 Å². The summed E-state index contributed by atoms with van der Waals surface area (Å²) in [7, 11) is 3.24. The van der Waals surface area contributed by atoms with Crippen molar-refractivity contribution in [3.8, 4) is 5.75 Å². The van der Waals surface area contributed by atoms with Gasteiger partial charge in [-0.2, -0.15) is 0 Å². The van der Waals surface area contributed by atoms with Gasteiger partial charge in [0.15, 0.2) is 0 Å². The minimum Gasteiger partial charge on any atom is -0.497 e. The first kappa shape index (κ1) is 16.9. The zero-order valence-corrected chi connectivity index (χ0v) is 12.4. The lowest BCUT2D eigenvalue weighted by Crippen LogP contribution is -2.21. The van der Waals surface area contributed by atoms with E-state index in [1.807, 2.05) is 31.2 Å². The van der Waals surface area contributed by atoms with Crippen LogP contribution in [0.1, 0.15) is 18.6 Å². The van der Waals surface area contributed by atoms with E-state index in [2.05, 4.69) is 0 Å². The van der Waals surface area contributed by atoms with Crippen molar-refractivity contribution < 1.29 is 24.1 Å². The Morgan fingerprint density at radius 2 is 1.65 bits per heavy atom. The first-order valence-corrected chi connectivity index (χ1v) is 6.69. The number of benzene rings is 1. The zero-order valence-electron chi connectivity index (χ0n) is 12.4. The summed E-state index contributed by atoms with van der Waals surface area (Å²) in [5.41, 5.74) is 0.804. The maximum atomic E-state index is 10.2. The minimum absolute atomic E-state index is 0.297. The molecule has 1 aromatic rings. The van der Waals surface area contributed by atoms with Crippen LogP contribution < -0.4 is 4.74 Å². The van der Waals surface area contributed by atoms with E-state index in [0.29, 0.717) is 26.4 Å². The Labute approximate surface area is 120 Å². The van der Waals surface area contributed by atoms with Crippen LogP contribution in [0.3, 0.4) is 0 Å². The molecule has 1 aromatic carbocycles. The minimum atomic E-state index is -0.667. The lowest BCUT2D eigenvalue weighted by molar-refractivity contribution is -0.0517. The van der Waals surface area contributed by atoms with Gasteiger partial charge in [0.25, 0.3) is 0 Å². The van der Waals surface area contributed by atoms with E-state index >= 15 is 0 Å². The van der Waals surface area contributed by atoms with Crippen LogP contribution >= 0.6 is 0 Å². The van der Waals surface area contributed by atoms with Gasteiger partial charge in [0, 0.05) is 7.11 Å². The average Bonchev–Trinajstić information content (AvgIpc) is 2.50. The van der Waals surface area contributed by atoms with Crippen LogP contribution in [0.5, 0.6) is 5.75 Å². The van der Waals surface area contributed by atoms with Crippen LogP contribution in [0.4, 0.5) is 0 Å². The molecule has 0 aliphatic rings. The predicted octanol–water partition coefficient (Wildman–Crippen LogP) is 1.80. The van der Waals surface area contributed by atoms with Gasteiger partial charge in [0.2, 0.25) is 0 Å². The molecule has 1 N–H and O–H groups in total. The molecule has 0 amide bonds. The molecule has 5 heteroatoms. The van der Waals surface area contributed by atoms with Crippen LogP contribution in [0.25, 0.3) is 0 Å². The molecule has 0 heterocycles. The van der Waals surface area contributed by atoms with E-state index < -0.39 is 6.10 Å². The largest absolute Gasteiger partial charge is 0.497 e. The van der Waals surface area contributed by atoms with Gasteiger partial charge < -0.3 is 24.1 Å². The molecular weight excluding hydrogens is 260 g/mol. The lowest BCUT2D eigenvalue weighted by atomic mass is 10.1. The monoisotopic (exact) mass is 284 g/mol. The average molecular weight is 284 g/mol. The van der Waals surface area contributed by atoms with Crippen LogP contribution in [0.15, 0.2) is 24.3 Å². The first-order valence-electron chi connectivity index (χ1n) is 6.69. The van der Waals surface area contributed by atoms with E-state index in [1.54, 1.807) is 14.2 Å². The van der Waals surface area contributed by atoms with Gasteiger partial charge in [-0.05, 0) is 24.6 Å². The van der Waals surface area contributed by atoms with Crippen molar-refractivity contribution >= 4 is 0 Å². The first-order chi connectivity index (χ1) is 9.69. The Kier molecular flexibility index (Phi) is 8.22. The van der Waals surface area contributed by atoms with E-state index in [0.717, 1.165) is 11.3 Å².